The number of piperidine rings is 3. The summed E-state index contributed by atoms with van der Waals surface area (Å²) in [4.78, 5) is 14.5. The molecule has 1 aliphatic carbocycles. The molecule has 1 saturated carbocycles. The summed E-state index contributed by atoms with van der Waals surface area (Å²) in [5.74, 6) is 0.882. The Hall–Kier alpha value is -2.31. The van der Waals surface area contributed by atoms with Crippen LogP contribution in [0.25, 0.3) is 10.9 Å². The molecule has 2 aromatic carbocycles. The molecule has 10 heteroatoms. The predicted octanol–water partition coefficient (Wildman–Crippen LogP) is 4.44. The lowest BCUT2D eigenvalue weighted by molar-refractivity contribution is -0.946. The van der Waals surface area contributed by atoms with Crippen LogP contribution >= 0.6 is 0 Å². The molecule has 0 amide bonds. The van der Waals surface area contributed by atoms with E-state index < -0.39 is 11.7 Å². The summed E-state index contributed by atoms with van der Waals surface area (Å²) in [6.45, 7) is 8.43. The van der Waals surface area contributed by atoms with Crippen LogP contribution in [0, 0.1) is 11.8 Å². The van der Waals surface area contributed by atoms with Crippen molar-refractivity contribution in [3.63, 3.8) is 0 Å². The van der Waals surface area contributed by atoms with Crippen LogP contribution in [0.4, 0.5) is 0 Å². The minimum Gasteiger partial charge on any atom is -1.00 e. The smallest absolute Gasteiger partial charge is 0.248 e. The fourth-order valence-corrected chi connectivity index (χ4v) is 9.56. The molecule has 1 unspecified atom stereocenters. The minimum atomic E-state index is -0.898. The molecule has 300 valence electrons. The fourth-order valence-electron chi connectivity index (χ4n) is 9.56. The van der Waals surface area contributed by atoms with Gasteiger partial charge in [0.05, 0.1) is 37.9 Å². The molecule has 5 N–H and O–H groups in total. The topological polar surface area (TPSA) is 124 Å². The Morgan fingerprint density at radius 2 is 1.67 bits per heavy atom. The number of aromatic nitrogens is 1. The number of phenolic OH excluding ortho intramolecular Hbond substituents is 1. The number of fused-ring (bicyclic) bond motifs is 4. The zero-order valence-electron chi connectivity index (χ0n) is 32.5. The number of unbranched alkanes of at least 4 members (excludes halogenated alkanes) is 6. The number of aliphatic hydroxyl groups excluding tert-OH is 1. The molecule has 9 nitrogen and oxygen atoms in total. The van der Waals surface area contributed by atoms with Crippen molar-refractivity contribution in [3.8, 4) is 5.75 Å². The van der Waals surface area contributed by atoms with Gasteiger partial charge in [0.2, 0.25) is 5.56 Å². The summed E-state index contributed by atoms with van der Waals surface area (Å²) in [6, 6.07) is 16.6. The van der Waals surface area contributed by atoms with Gasteiger partial charge in [0, 0.05) is 43.4 Å². The van der Waals surface area contributed by atoms with E-state index >= 15 is 0 Å². The van der Waals surface area contributed by atoms with Crippen molar-refractivity contribution in [1.82, 2.24) is 10.3 Å². The van der Waals surface area contributed by atoms with Gasteiger partial charge in [-0.3, -0.25) is 10.1 Å². The number of halogens is 1. The maximum Gasteiger partial charge on any atom is 0.248 e. The summed E-state index contributed by atoms with van der Waals surface area (Å²) >= 11 is 0. The van der Waals surface area contributed by atoms with E-state index in [-0.39, 0.29) is 46.5 Å². The SMILES string of the molecule is CCCCCCC(NC[C@H](O)c1ccc(O)c2[nH]c(=O)ccc12)OCCCCCC[N+]12CCC(CC1)[C@@H](OC[C@@](O)(c1ccccc1)C1CCCC1)C2.[Br-]. The third-order valence-electron chi connectivity index (χ3n) is 12.8. The van der Waals surface area contributed by atoms with Crippen molar-refractivity contribution >= 4 is 10.9 Å². The van der Waals surface area contributed by atoms with E-state index in [4.69, 9.17) is 9.47 Å². The van der Waals surface area contributed by atoms with Gasteiger partial charge < -0.3 is 51.2 Å². The standard InChI is InChI=1S/C44H65N3O6.BrH/c1-2-3-4-10-19-42(45-30-39(49)36-20-22-38(48)43-37(36)21-23-41(50)46-43)52-29-14-6-5-13-26-47-27-24-33(25-28-47)40(31-47)53-32-44(51,35-17-11-12-18-35)34-15-8-7-9-16-34;/h7-9,15-16,20-23,33,35,39-40,42,45,49,51H,2-6,10-14,17-19,24-32H2,1H3,(H-,46,48,50);1H/t33?,39-,40-,42?,44+,47?;/m0./s1. The molecule has 3 aliphatic heterocycles. The average Bonchev–Trinajstić information content (AvgIpc) is 3.74. The van der Waals surface area contributed by atoms with Crippen LogP contribution in [-0.4, -0.2) is 83.1 Å². The van der Waals surface area contributed by atoms with Crippen LogP contribution in [0.15, 0.2) is 59.4 Å². The van der Waals surface area contributed by atoms with Gasteiger partial charge in [-0.2, -0.15) is 0 Å². The zero-order chi connectivity index (χ0) is 37.1. The molecule has 54 heavy (non-hydrogen) atoms. The number of hydrogen-bond acceptors (Lipinski definition) is 7. The highest BCUT2D eigenvalue weighted by Crippen LogP contribution is 2.43. The van der Waals surface area contributed by atoms with Crippen molar-refractivity contribution in [2.75, 3.05) is 45.9 Å². The number of H-pyrrole nitrogens is 1. The van der Waals surface area contributed by atoms with E-state index in [1.54, 1.807) is 12.1 Å². The minimum absolute atomic E-state index is 0. The first-order chi connectivity index (χ1) is 25.8. The van der Waals surface area contributed by atoms with E-state index in [1.165, 1.54) is 87.6 Å². The highest BCUT2D eigenvalue weighted by atomic mass is 79.9. The Bertz CT molecular complexity index is 1610. The lowest BCUT2D eigenvalue weighted by atomic mass is 9.80. The van der Waals surface area contributed by atoms with Gasteiger partial charge in [0.15, 0.2) is 0 Å². The second-order valence-corrected chi connectivity index (χ2v) is 16.5. The number of ether oxygens (including phenoxy) is 2. The molecule has 4 aliphatic rings. The number of hydrogen-bond donors (Lipinski definition) is 5. The molecule has 4 atom stereocenters. The molecule has 2 bridgehead atoms. The van der Waals surface area contributed by atoms with Gasteiger partial charge in [-0.25, -0.2) is 0 Å². The Balaban J connectivity index is 0.00000561. The van der Waals surface area contributed by atoms with Gasteiger partial charge in [-0.1, -0.05) is 81.8 Å². The number of nitrogens with zero attached hydrogens (tertiary/aromatic N) is 1. The third kappa shape index (κ3) is 11.0. The number of pyridine rings is 1. The summed E-state index contributed by atoms with van der Waals surface area (Å²) in [7, 11) is 0. The van der Waals surface area contributed by atoms with E-state index in [0.29, 0.717) is 42.1 Å². The van der Waals surface area contributed by atoms with Crippen molar-refractivity contribution in [1.29, 1.82) is 0 Å². The number of phenols is 1. The van der Waals surface area contributed by atoms with Crippen molar-refractivity contribution < 1.29 is 46.3 Å². The number of rotatable bonds is 22. The molecule has 3 saturated heterocycles. The van der Waals surface area contributed by atoms with Crippen LogP contribution in [0.2, 0.25) is 0 Å². The van der Waals surface area contributed by atoms with Crippen LogP contribution in [0.1, 0.15) is 120 Å². The van der Waals surface area contributed by atoms with Crippen molar-refractivity contribution in [2.24, 2.45) is 11.8 Å². The Morgan fingerprint density at radius 3 is 2.43 bits per heavy atom. The molecule has 3 aromatic rings. The normalized spacial score (nSPS) is 23.6. The number of quaternary nitrogens is 1. The first kappa shape index (κ1) is 42.8. The lowest BCUT2D eigenvalue weighted by Crippen LogP contribution is -3.00. The Kier molecular flexibility index (Phi) is 16.4. The maximum atomic E-state index is 12.1. The van der Waals surface area contributed by atoms with Gasteiger partial charge in [-0.05, 0) is 74.1 Å². The molecule has 7 rings (SSSR count). The van der Waals surface area contributed by atoms with Crippen molar-refractivity contribution in [2.45, 2.75) is 127 Å². The van der Waals surface area contributed by atoms with Crippen LogP contribution in [0.3, 0.4) is 0 Å². The maximum absolute atomic E-state index is 12.1. The molecule has 1 aromatic heterocycles. The third-order valence-corrected chi connectivity index (χ3v) is 12.8. The number of aliphatic hydroxyl groups is 2. The van der Waals surface area contributed by atoms with Gasteiger partial charge in [0.1, 0.15) is 30.2 Å². The van der Waals surface area contributed by atoms with E-state index in [2.05, 4.69) is 29.4 Å². The Morgan fingerprint density at radius 1 is 0.926 bits per heavy atom. The highest BCUT2D eigenvalue weighted by Gasteiger charge is 2.48. The molecule has 4 heterocycles. The number of aromatic amines is 1. The molecular formula is C44H66BrN3O6. The van der Waals surface area contributed by atoms with E-state index in [0.717, 1.165) is 57.1 Å². The quantitative estimate of drug-likeness (QED) is 0.0578. The number of nitrogens with one attached hydrogen (secondary N) is 2. The number of benzene rings is 2. The molecule has 0 radical (unpaired) electrons. The van der Waals surface area contributed by atoms with Crippen LogP contribution in [-0.2, 0) is 15.1 Å². The predicted molar refractivity (Wildman–Crippen MR) is 211 cm³/mol. The largest absolute Gasteiger partial charge is 1.00 e. The van der Waals surface area contributed by atoms with Gasteiger partial charge in [0.25, 0.3) is 0 Å². The second-order valence-electron chi connectivity index (χ2n) is 16.5. The summed E-state index contributed by atoms with van der Waals surface area (Å²) in [5, 5.41) is 37.5. The van der Waals surface area contributed by atoms with Crippen molar-refractivity contribution in [3.05, 3.63) is 76.1 Å². The first-order valence-corrected chi connectivity index (χ1v) is 20.9. The second kappa shape index (κ2) is 20.7. The molecule has 4 fully saturated rings. The number of aromatic hydroxyl groups is 1. The van der Waals surface area contributed by atoms with E-state index in [9.17, 15) is 20.1 Å². The van der Waals surface area contributed by atoms with Gasteiger partial charge in [-0.15, -0.1) is 0 Å². The monoisotopic (exact) mass is 811 g/mol. The summed E-state index contributed by atoms with van der Waals surface area (Å²) in [6.07, 6.45) is 16.4. The molecule has 0 spiro atoms. The lowest BCUT2D eigenvalue weighted by Gasteiger charge is -2.53. The zero-order valence-corrected chi connectivity index (χ0v) is 34.1. The average molecular weight is 813 g/mol. The van der Waals surface area contributed by atoms with Crippen LogP contribution < -0.4 is 27.9 Å². The Labute approximate surface area is 333 Å². The summed E-state index contributed by atoms with van der Waals surface area (Å²) in [5.41, 5.74) is 0.825. The van der Waals surface area contributed by atoms with Gasteiger partial charge >= 0.3 is 0 Å². The highest BCUT2D eigenvalue weighted by molar-refractivity contribution is 5.87. The van der Waals surface area contributed by atoms with E-state index in [1.807, 2.05) is 18.2 Å². The molecular weight excluding hydrogens is 746 g/mol. The van der Waals surface area contributed by atoms with Crippen LogP contribution in [0.5, 0.6) is 5.75 Å². The fraction of sp³-hybridized carbons (Fsp3) is 0.659. The summed E-state index contributed by atoms with van der Waals surface area (Å²) < 4.78 is 14.3. The first-order valence-electron chi connectivity index (χ1n) is 20.9.